The molecular weight excluding hydrogens is 468 g/mol. The molecule has 0 bridgehead atoms. The average Bonchev–Trinajstić information content (AvgIpc) is 3.25. The molecule has 0 fully saturated rings. The molecule has 0 spiro atoms. The van der Waals surface area contributed by atoms with Crippen molar-refractivity contribution in [3.63, 3.8) is 0 Å². The smallest absolute Gasteiger partial charge is 0.326 e. The normalized spacial score (nSPS) is 13.7. The number of carboxylic acids is 1. The second-order valence-corrected chi connectivity index (χ2v) is 9.27. The van der Waals surface area contributed by atoms with Gasteiger partial charge >= 0.3 is 5.97 Å². The van der Waals surface area contributed by atoms with Gasteiger partial charge in [-0.15, -0.1) is 0 Å². The maximum absolute atomic E-state index is 13.2. The fourth-order valence-electron chi connectivity index (χ4n) is 3.72. The summed E-state index contributed by atoms with van der Waals surface area (Å²) >= 11 is 1.56. The van der Waals surface area contributed by atoms with E-state index in [1.54, 1.807) is 30.1 Å². The Balaban J connectivity index is 1.77. The number of nitrogens with two attached hydrogens (primary N) is 1. The molecule has 3 aromatic rings. The number of hydrogen-bond acceptors (Lipinski definition) is 6. The van der Waals surface area contributed by atoms with Gasteiger partial charge in [0, 0.05) is 29.9 Å². The lowest BCUT2D eigenvalue weighted by Gasteiger charge is -2.23. The fourth-order valence-corrected chi connectivity index (χ4v) is 4.21. The summed E-state index contributed by atoms with van der Waals surface area (Å²) in [6, 6.07) is 10.7. The van der Waals surface area contributed by atoms with Gasteiger partial charge in [-0.05, 0) is 47.8 Å². The van der Waals surface area contributed by atoms with Gasteiger partial charge in [0.15, 0.2) is 0 Å². The highest BCUT2D eigenvalue weighted by molar-refractivity contribution is 7.98. The summed E-state index contributed by atoms with van der Waals surface area (Å²) in [6.45, 7) is 0. The van der Waals surface area contributed by atoms with Crippen molar-refractivity contribution in [2.45, 2.75) is 37.4 Å². The van der Waals surface area contributed by atoms with Gasteiger partial charge < -0.3 is 31.6 Å². The van der Waals surface area contributed by atoms with Crippen LogP contribution in [0.2, 0.25) is 0 Å². The molecule has 2 amide bonds. The van der Waals surface area contributed by atoms with Crippen molar-refractivity contribution < 1.29 is 24.6 Å². The zero-order valence-electron chi connectivity index (χ0n) is 19.4. The van der Waals surface area contributed by atoms with Crippen LogP contribution in [0.3, 0.4) is 0 Å². The van der Waals surface area contributed by atoms with Crippen molar-refractivity contribution in [2.75, 3.05) is 12.0 Å². The summed E-state index contributed by atoms with van der Waals surface area (Å²) in [5.41, 5.74) is 8.28. The van der Waals surface area contributed by atoms with Crippen LogP contribution < -0.4 is 16.4 Å². The summed E-state index contributed by atoms with van der Waals surface area (Å²) in [7, 11) is 0. The third-order valence-electron chi connectivity index (χ3n) is 5.69. The van der Waals surface area contributed by atoms with E-state index in [-0.39, 0.29) is 18.6 Å². The minimum absolute atomic E-state index is 0.0677. The van der Waals surface area contributed by atoms with Crippen LogP contribution in [0.1, 0.15) is 17.5 Å². The number of phenolic OH excluding ortho intramolecular Hbond substituents is 1. The number of phenols is 1. The van der Waals surface area contributed by atoms with E-state index in [4.69, 9.17) is 5.73 Å². The number of benzene rings is 2. The van der Waals surface area contributed by atoms with Crippen molar-refractivity contribution in [2.24, 2.45) is 5.73 Å². The van der Waals surface area contributed by atoms with E-state index in [0.29, 0.717) is 17.7 Å². The molecule has 0 saturated heterocycles. The highest BCUT2D eigenvalue weighted by atomic mass is 32.2. The van der Waals surface area contributed by atoms with Crippen LogP contribution in [-0.4, -0.2) is 63.1 Å². The van der Waals surface area contributed by atoms with E-state index in [9.17, 15) is 24.6 Å². The van der Waals surface area contributed by atoms with E-state index in [0.717, 1.165) is 16.5 Å². The minimum atomic E-state index is -1.20. The summed E-state index contributed by atoms with van der Waals surface area (Å²) < 4.78 is 0. The first-order valence-corrected chi connectivity index (χ1v) is 12.6. The Morgan fingerprint density at radius 3 is 2.37 bits per heavy atom. The monoisotopic (exact) mass is 498 g/mol. The van der Waals surface area contributed by atoms with Gasteiger partial charge in [-0.2, -0.15) is 11.8 Å². The number of aliphatic carboxylic acids is 1. The lowest BCUT2D eigenvalue weighted by Crippen LogP contribution is -2.55. The molecule has 0 unspecified atom stereocenters. The van der Waals surface area contributed by atoms with Crippen molar-refractivity contribution in [3.05, 3.63) is 65.9 Å². The summed E-state index contributed by atoms with van der Waals surface area (Å²) in [5, 5.41) is 25.5. The van der Waals surface area contributed by atoms with Gasteiger partial charge in [0.05, 0.1) is 6.04 Å². The molecule has 7 N–H and O–H groups in total. The lowest BCUT2D eigenvalue weighted by molar-refractivity contribution is -0.142. The van der Waals surface area contributed by atoms with Crippen molar-refractivity contribution in [3.8, 4) is 5.75 Å². The Bertz CT molecular complexity index is 1160. The predicted octanol–water partition coefficient (Wildman–Crippen LogP) is 1.79. The number of H-pyrrole nitrogens is 1. The number of rotatable bonds is 12. The summed E-state index contributed by atoms with van der Waals surface area (Å²) in [6.07, 6.45) is 4.25. The molecule has 3 atom stereocenters. The zero-order chi connectivity index (χ0) is 25.4. The quantitative estimate of drug-likeness (QED) is 0.222. The molecule has 0 aliphatic carbocycles. The first-order chi connectivity index (χ1) is 16.8. The largest absolute Gasteiger partial charge is 0.508 e. The maximum atomic E-state index is 13.2. The Morgan fingerprint density at radius 1 is 1.00 bits per heavy atom. The van der Waals surface area contributed by atoms with Gasteiger partial charge in [0.1, 0.15) is 17.8 Å². The number of aromatic amines is 1. The van der Waals surface area contributed by atoms with Gasteiger partial charge in [0.25, 0.3) is 0 Å². The predicted molar refractivity (Wildman–Crippen MR) is 136 cm³/mol. The number of carbonyl (C=O) groups excluding carboxylic acids is 2. The standard InChI is InChI=1S/C25H30N4O5S/c1-35-11-10-19(26)23(31)28-21(12-15-6-8-17(30)9-7-15)24(32)29-22(25(33)34)13-16-14-27-20-5-3-2-4-18(16)20/h2-9,14,19,21-22,27,30H,10-13,26H2,1H3,(H,28,31)(H,29,32)(H,33,34)/t19-,21-,22-/m0/s1. The van der Waals surface area contributed by atoms with Gasteiger partial charge in [-0.25, -0.2) is 4.79 Å². The number of hydrogen-bond donors (Lipinski definition) is 6. The highest BCUT2D eigenvalue weighted by Gasteiger charge is 2.29. The molecule has 2 aromatic carbocycles. The van der Waals surface area contributed by atoms with Crippen LogP contribution in [0.5, 0.6) is 5.75 Å². The Morgan fingerprint density at radius 2 is 1.69 bits per heavy atom. The fraction of sp³-hybridized carbons (Fsp3) is 0.320. The number of fused-ring (bicyclic) bond motifs is 1. The van der Waals surface area contributed by atoms with Crippen LogP contribution >= 0.6 is 11.8 Å². The van der Waals surface area contributed by atoms with E-state index in [1.165, 1.54) is 12.1 Å². The lowest BCUT2D eigenvalue weighted by atomic mass is 10.0. The first kappa shape index (κ1) is 26.1. The topological polar surface area (TPSA) is 158 Å². The second kappa shape index (κ2) is 12.3. The molecule has 35 heavy (non-hydrogen) atoms. The van der Waals surface area contributed by atoms with Crippen molar-refractivity contribution in [1.29, 1.82) is 0 Å². The van der Waals surface area contributed by atoms with Crippen molar-refractivity contribution >= 4 is 40.4 Å². The third-order valence-corrected chi connectivity index (χ3v) is 6.34. The number of nitrogens with one attached hydrogen (secondary N) is 3. The van der Waals surface area contributed by atoms with Gasteiger partial charge in [-0.1, -0.05) is 30.3 Å². The maximum Gasteiger partial charge on any atom is 0.326 e. The molecule has 3 rings (SSSR count). The van der Waals surface area contributed by atoms with Crippen LogP contribution in [0.25, 0.3) is 10.9 Å². The number of thioether (sulfide) groups is 1. The molecule has 1 heterocycles. The third kappa shape index (κ3) is 7.24. The van der Waals surface area contributed by atoms with Gasteiger partial charge in [0.2, 0.25) is 11.8 Å². The SMILES string of the molecule is CSCC[C@H](N)C(=O)N[C@@H](Cc1ccc(O)cc1)C(=O)N[C@@H](Cc1c[nH]c2ccccc12)C(=O)O. The van der Waals surface area contributed by atoms with Crippen LogP contribution in [0, 0.1) is 0 Å². The average molecular weight is 499 g/mol. The zero-order valence-corrected chi connectivity index (χ0v) is 20.2. The van der Waals surface area contributed by atoms with E-state index < -0.39 is 35.9 Å². The molecule has 10 heteroatoms. The van der Waals surface area contributed by atoms with E-state index in [2.05, 4.69) is 15.6 Å². The molecule has 1 aromatic heterocycles. The van der Waals surface area contributed by atoms with E-state index >= 15 is 0 Å². The Labute approximate surface area is 207 Å². The second-order valence-electron chi connectivity index (χ2n) is 8.28. The van der Waals surface area contributed by atoms with Crippen molar-refractivity contribution in [1.82, 2.24) is 15.6 Å². The Kier molecular flexibility index (Phi) is 9.16. The first-order valence-electron chi connectivity index (χ1n) is 11.2. The highest BCUT2D eigenvalue weighted by Crippen LogP contribution is 2.19. The molecule has 0 radical (unpaired) electrons. The molecular formula is C25H30N4O5S. The minimum Gasteiger partial charge on any atom is -0.508 e. The van der Waals surface area contributed by atoms with Gasteiger partial charge in [-0.3, -0.25) is 9.59 Å². The van der Waals surface area contributed by atoms with Crippen LogP contribution in [0.15, 0.2) is 54.7 Å². The summed E-state index contributed by atoms with van der Waals surface area (Å²) in [5.74, 6) is -1.54. The molecule has 9 nitrogen and oxygen atoms in total. The Hall–Kier alpha value is -3.50. The molecule has 0 aliphatic heterocycles. The number of aromatic hydroxyl groups is 1. The number of aromatic nitrogens is 1. The molecule has 186 valence electrons. The molecule has 0 aliphatic rings. The molecule has 0 saturated carbocycles. The summed E-state index contributed by atoms with van der Waals surface area (Å²) in [4.78, 5) is 41.0. The van der Waals surface area contributed by atoms with Crippen LogP contribution in [-0.2, 0) is 27.2 Å². The number of carbonyl (C=O) groups is 3. The van der Waals surface area contributed by atoms with E-state index in [1.807, 2.05) is 30.5 Å². The number of para-hydroxylation sites is 1. The number of carboxylic acid groups (broad SMARTS) is 1. The van der Waals surface area contributed by atoms with Crippen LogP contribution in [0.4, 0.5) is 0 Å². The number of amides is 2.